The van der Waals surface area contributed by atoms with Crippen LogP contribution < -0.4 is 10.5 Å². The Morgan fingerprint density at radius 3 is 2.81 bits per heavy atom. The minimum atomic E-state index is 0.0608. The van der Waals surface area contributed by atoms with Crippen molar-refractivity contribution in [2.75, 3.05) is 32.0 Å². The molecule has 2 N–H and O–H groups in total. The van der Waals surface area contributed by atoms with Crippen LogP contribution in [-0.2, 0) is 4.74 Å². The number of nitrogen functional groups attached to an aromatic ring is 1. The van der Waals surface area contributed by atoms with E-state index in [1.165, 1.54) is 0 Å². The maximum atomic E-state index is 5.82. The molecule has 0 saturated carbocycles. The SMILES string of the molecule is CC(Oc1cccc(N)c1)N1CCOCC1. The molecule has 0 spiro atoms. The van der Waals surface area contributed by atoms with Crippen molar-refractivity contribution in [3.8, 4) is 5.75 Å². The van der Waals surface area contributed by atoms with Crippen LogP contribution in [0.25, 0.3) is 0 Å². The van der Waals surface area contributed by atoms with E-state index in [1.807, 2.05) is 24.3 Å². The monoisotopic (exact) mass is 222 g/mol. The van der Waals surface area contributed by atoms with Gasteiger partial charge in [0, 0.05) is 24.8 Å². The van der Waals surface area contributed by atoms with Gasteiger partial charge in [-0.15, -0.1) is 0 Å². The molecule has 1 aliphatic heterocycles. The average molecular weight is 222 g/mol. The van der Waals surface area contributed by atoms with Crippen LogP contribution in [0.5, 0.6) is 5.75 Å². The lowest BCUT2D eigenvalue weighted by Crippen LogP contribution is -2.44. The molecular formula is C12H18N2O2. The summed E-state index contributed by atoms with van der Waals surface area (Å²) in [5.41, 5.74) is 6.43. The largest absolute Gasteiger partial charge is 0.475 e. The molecule has 88 valence electrons. The average Bonchev–Trinajstić information content (AvgIpc) is 2.30. The molecule has 1 atom stereocenters. The molecule has 0 amide bonds. The number of ether oxygens (including phenoxy) is 2. The van der Waals surface area contributed by atoms with Crippen molar-refractivity contribution in [3.63, 3.8) is 0 Å². The first-order chi connectivity index (χ1) is 7.75. The molecule has 16 heavy (non-hydrogen) atoms. The van der Waals surface area contributed by atoms with Crippen LogP contribution in [0.3, 0.4) is 0 Å². The second-order valence-electron chi connectivity index (χ2n) is 3.94. The Balaban J connectivity index is 1.93. The van der Waals surface area contributed by atoms with Crippen LogP contribution in [0.4, 0.5) is 5.69 Å². The molecule has 1 aromatic carbocycles. The lowest BCUT2D eigenvalue weighted by atomic mass is 10.3. The lowest BCUT2D eigenvalue weighted by molar-refractivity contribution is -0.0373. The number of hydrogen-bond donors (Lipinski definition) is 1. The third-order valence-electron chi connectivity index (χ3n) is 2.72. The Morgan fingerprint density at radius 1 is 1.38 bits per heavy atom. The molecule has 1 unspecified atom stereocenters. The van der Waals surface area contributed by atoms with Crippen molar-refractivity contribution in [2.24, 2.45) is 0 Å². The second-order valence-corrected chi connectivity index (χ2v) is 3.94. The van der Waals surface area contributed by atoms with Gasteiger partial charge in [-0.25, -0.2) is 0 Å². The van der Waals surface area contributed by atoms with Crippen LogP contribution in [0.1, 0.15) is 6.92 Å². The van der Waals surface area contributed by atoms with Crippen LogP contribution in [0.15, 0.2) is 24.3 Å². The van der Waals surface area contributed by atoms with Gasteiger partial charge in [-0.05, 0) is 19.1 Å². The zero-order valence-corrected chi connectivity index (χ0v) is 9.56. The van der Waals surface area contributed by atoms with Gasteiger partial charge in [0.15, 0.2) is 0 Å². The third kappa shape index (κ3) is 2.87. The number of nitrogens with two attached hydrogens (primary N) is 1. The number of hydrogen-bond acceptors (Lipinski definition) is 4. The topological polar surface area (TPSA) is 47.7 Å². The predicted molar refractivity (Wildman–Crippen MR) is 63.3 cm³/mol. The molecule has 1 heterocycles. The van der Waals surface area contributed by atoms with Crippen LogP contribution in [0, 0.1) is 0 Å². The van der Waals surface area contributed by atoms with Crippen molar-refractivity contribution in [2.45, 2.75) is 13.2 Å². The number of morpholine rings is 1. The molecule has 0 bridgehead atoms. The Hall–Kier alpha value is -1.26. The van der Waals surface area contributed by atoms with Gasteiger partial charge in [-0.3, -0.25) is 4.90 Å². The highest BCUT2D eigenvalue weighted by molar-refractivity contribution is 5.43. The lowest BCUT2D eigenvalue weighted by Gasteiger charge is -2.32. The summed E-state index contributed by atoms with van der Waals surface area (Å²) in [7, 11) is 0. The molecule has 1 aliphatic rings. The van der Waals surface area contributed by atoms with Crippen LogP contribution in [0.2, 0.25) is 0 Å². The highest BCUT2D eigenvalue weighted by Crippen LogP contribution is 2.17. The standard InChI is InChI=1S/C12H18N2O2/c1-10(14-5-7-15-8-6-14)16-12-4-2-3-11(13)9-12/h2-4,9-10H,5-8,13H2,1H3. The van der Waals surface area contributed by atoms with Crippen LogP contribution in [-0.4, -0.2) is 37.4 Å². The minimum Gasteiger partial charge on any atom is -0.475 e. The molecule has 1 fully saturated rings. The molecular weight excluding hydrogens is 204 g/mol. The highest BCUT2D eigenvalue weighted by atomic mass is 16.5. The van der Waals surface area contributed by atoms with Crippen LogP contribution >= 0.6 is 0 Å². The third-order valence-corrected chi connectivity index (χ3v) is 2.72. The maximum Gasteiger partial charge on any atom is 0.149 e. The fourth-order valence-corrected chi connectivity index (χ4v) is 1.80. The predicted octanol–water partition coefficient (Wildman–Crippen LogP) is 1.33. The molecule has 1 aromatic rings. The first-order valence-corrected chi connectivity index (χ1v) is 5.60. The van der Waals surface area contributed by atoms with E-state index in [4.69, 9.17) is 15.2 Å². The summed E-state index contributed by atoms with van der Waals surface area (Å²) >= 11 is 0. The van der Waals surface area contributed by atoms with Gasteiger partial charge in [0.2, 0.25) is 0 Å². The van der Waals surface area contributed by atoms with E-state index < -0.39 is 0 Å². The zero-order valence-electron chi connectivity index (χ0n) is 9.56. The van der Waals surface area contributed by atoms with Crippen molar-refractivity contribution in [3.05, 3.63) is 24.3 Å². The number of anilines is 1. The summed E-state index contributed by atoms with van der Waals surface area (Å²) in [5.74, 6) is 0.819. The summed E-state index contributed by atoms with van der Waals surface area (Å²) in [4.78, 5) is 2.26. The minimum absolute atomic E-state index is 0.0608. The molecule has 2 rings (SSSR count). The van der Waals surface area contributed by atoms with Gasteiger partial charge in [-0.1, -0.05) is 6.07 Å². The van der Waals surface area contributed by atoms with Gasteiger partial charge in [0.1, 0.15) is 12.0 Å². The Bertz CT molecular complexity index is 338. The van der Waals surface area contributed by atoms with E-state index in [0.29, 0.717) is 0 Å². The highest BCUT2D eigenvalue weighted by Gasteiger charge is 2.17. The number of benzene rings is 1. The summed E-state index contributed by atoms with van der Waals surface area (Å²) in [6.45, 7) is 5.46. The fourth-order valence-electron chi connectivity index (χ4n) is 1.80. The van der Waals surface area contributed by atoms with Crippen molar-refractivity contribution >= 4 is 5.69 Å². The summed E-state index contributed by atoms with van der Waals surface area (Å²) in [5, 5.41) is 0. The Morgan fingerprint density at radius 2 is 2.12 bits per heavy atom. The van der Waals surface area contributed by atoms with Gasteiger partial charge in [-0.2, -0.15) is 0 Å². The van der Waals surface area contributed by atoms with Gasteiger partial charge >= 0.3 is 0 Å². The van der Waals surface area contributed by atoms with Crippen molar-refractivity contribution < 1.29 is 9.47 Å². The zero-order chi connectivity index (χ0) is 11.4. The smallest absolute Gasteiger partial charge is 0.149 e. The molecule has 1 saturated heterocycles. The fraction of sp³-hybridized carbons (Fsp3) is 0.500. The van der Waals surface area contributed by atoms with Gasteiger partial charge in [0.05, 0.1) is 13.2 Å². The normalized spacial score (nSPS) is 19.3. The van der Waals surface area contributed by atoms with E-state index >= 15 is 0 Å². The van der Waals surface area contributed by atoms with E-state index in [1.54, 1.807) is 0 Å². The number of nitrogens with zero attached hydrogens (tertiary/aromatic N) is 1. The summed E-state index contributed by atoms with van der Waals surface area (Å²) in [6.07, 6.45) is 0.0608. The van der Waals surface area contributed by atoms with E-state index in [2.05, 4.69) is 11.8 Å². The number of rotatable bonds is 3. The quantitative estimate of drug-likeness (QED) is 0.784. The summed E-state index contributed by atoms with van der Waals surface area (Å²) in [6, 6.07) is 7.52. The Kier molecular flexibility index (Phi) is 3.64. The van der Waals surface area contributed by atoms with Gasteiger partial charge < -0.3 is 15.2 Å². The van der Waals surface area contributed by atoms with Gasteiger partial charge in [0.25, 0.3) is 0 Å². The first-order valence-electron chi connectivity index (χ1n) is 5.60. The molecule has 0 radical (unpaired) electrons. The first kappa shape index (κ1) is 11.2. The Labute approximate surface area is 95.9 Å². The molecule has 0 aromatic heterocycles. The molecule has 4 nitrogen and oxygen atoms in total. The van der Waals surface area contributed by atoms with E-state index in [9.17, 15) is 0 Å². The molecule has 4 heteroatoms. The maximum absolute atomic E-state index is 5.82. The second kappa shape index (κ2) is 5.18. The summed E-state index contributed by atoms with van der Waals surface area (Å²) < 4.78 is 11.1. The van der Waals surface area contributed by atoms with Crippen molar-refractivity contribution in [1.29, 1.82) is 0 Å². The van der Waals surface area contributed by atoms with Crippen molar-refractivity contribution in [1.82, 2.24) is 4.90 Å². The van der Waals surface area contributed by atoms with E-state index in [-0.39, 0.29) is 6.23 Å². The molecule has 0 aliphatic carbocycles. The van der Waals surface area contributed by atoms with E-state index in [0.717, 1.165) is 37.7 Å².